The second kappa shape index (κ2) is 8.54. The van der Waals surface area contributed by atoms with Crippen molar-refractivity contribution in [2.45, 2.75) is 30.5 Å². The maximum absolute atomic E-state index is 12.8. The summed E-state index contributed by atoms with van der Waals surface area (Å²) in [7, 11) is 1.36. The molecular formula is C22H22O11. The van der Waals surface area contributed by atoms with E-state index >= 15 is 0 Å². The zero-order valence-corrected chi connectivity index (χ0v) is 17.2. The predicted octanol–water partition coefficient (Wildman–Crippen LogP) is 0.100. The highest BCUT2D eigenvalue weighted by atomic mass is 16.5. The van der Waals surface area contributed by atoms with Gasteiger partial charge in [0.1, 0.15) is 53.2 Å². The quantitative estimate of drug-likeness (QED) is 0.278. The Morgan fingerprint density at radius 2 is 1.67 bits per heavy atom. The van der Waals surface area contributed by atoms with Crippen molar-refractivity contribution in [1.29, 1.82) is 0 Å². The van der Waals surface area contributed by atoms with Crippen molar-refractivity contribution in [2.24, 2.45) is 0 Å². The monoisotopic (exact) mass is 462 g/mol. The molecule has 3 aromatic rings. The van der Waals surface area contributed by atoms with Crippen LogP contribution in [0, 0.1) is 0 Å². The fourth-order valence-corrected chi connectivity index (χ4v) is 3.92. The fourth-order valence-electron chi connectivity index (χ4n) is 3.92. The average molecular weight is 462 g/mol. The number of phenolic OH excluding ortho intramolecular Hbond substituents is 3. The van der Waals surface area contributed by atoms with Gasteiger partial charge in [-0.2, -0.15) is 0 Å². The van der Waals surface area contributed by atoms with Crippen molar-refractivity contribution in [2.75, 3.05) is 13.7 Å². The summed E-state index contributed by atoms with van der Waals surface area (Å²) in [6, 6.07) is 6.14. The molecule has 7 N–H and O–H groups in total. The molecule has 0 spiro atoms. The molecule has 5 atom stereocenters. The number of fused-ring (bicyclic) bond motifs is 1. The standard InChI is InChI=1S/C22H22O11/c1-31-13-3-2-8(4-9(13)24)14-6-12(27)16-10(25)5-11(26)17(21(16)32-14)22-20(30)19(29)18(28)15(7-23)33-22/h2-6,15,18-20,22-26,28-30H,7H2,1H3. The smallest absolute Gasteiger partial charge is 0.197 e. The number of aliphatic hydroxyl groups is 4. The number of methoxy groups -OCH3 is 1. The largest absolute Gasteiger partial charge is 0.507 e. The van der Waals surface area contributed by atoms with Gasteiger partial charge in [-0.15, -0.1) is 0 Å². The first-order chi connectivity index (χ1) is 15.7. The molecule has 1 saturated heterocycles. The summed E-state index contributed by atoms with van der Waals surface area (Å²) < 4.78 is 16.3. The first-order valence-corrected chi connectivity index (χ1v) is 9.88. The first-order valence-electron chi connectivity index (χ1n) is 9.88. The van der Waals surface area contributed by atoms with E-state index in [9.17, 15) is 40.5 Å². The number of benzene rings is 2. The lowest BCUT2D eigenvalue weighted by molar-refractivity contribution is -0.231. The maximum atomic E-state index is 12.8. The Kier molecular flexibility index (Phi) is 5.91. The normalized spacial score (nSPS) is 25.3. The van der Waals surface area contributed by atoms with Crippen LogP contribution in [0.15, 0.2) is 39.5 Å². The molecule has 33 heavy (non-hydrogen) atoms. The van der Waals surface area contributed by atoms with Crippen LogP contribution >= 0.6 is 0 Å². The lowest BCUT2D eigenvalue weighted by Crippen LogP contribution is -2.55. The third-order valence-corrected chi connectivity index (χ3v) is 5.64. The van der Waals surface area contributed by atoms with E-state index in [0.717, 1.165) is 12.1 Å². The van der Waals surface area contributed by atoms with Gasteiger partial charge in [-0.25, -0.2) is 0 Å². The first kappa shape index (κ1) is 22.8. The van der Waals surface area contributed by atoms with Crippen LogP contribution in [-0.4, -0.2) is 73.9 Å². The molecule has 2 aromatic carbocycles. The summed E-state index contributed by atoms with van der Waals surface area (Å²) in [5, 5.41) is 70.8. The number of aliphatic hydroxyl groups excluding tert-OH is 4. The molecular weight excluding hydrogens is 440 g/mol. The molecule has 11 nitrogen and oxygen atoms in total. The number of aromatic hydroxyl groups is 3. The van der Waals surface area contributed by atoms with Crippen molar-refractivity contribution in [3.05, 3.63) is 46.1 Å². The molecule has 1 aliphatic heterocycles. The summed E-state index contributed by atoms with van der Waals surface area (Å²) >= 11 is 0. The van der Waals surface area contributed by atoms with Gasteiger partial charge >= 0.3 is 0 Å². The zero-order chi connectivity index (χ0) is 24.0. The molecule has 1 aliphatic rings. The van der Waals surface area contributed by atoms with Crippen LogP contribution in [0.2, 0.25) is 0 Å². The number of ether oxygens (including phenoxy) is 2. The molecule has 0 amide bonds. The predicted molar refractivity (Wildman–Crippen MR) is 112 cm³/mol. The van der Waals surface area contributed by atoms with Crippen LogP contribution in [-0.2, 0) is 4.74 Å². The Balaban J connectivity index is 1.95. The molecule has 1 aromatic heterocycles. The van der Waals surface area contributed by atoms with Gasteiger partial charge < -0.3 is 49.6 Å². The molecule has 5 unspecified atom stereocenters. The van der Waals surface area contributed by atoms with Gasteiger partial charge in [-0.3, -0.25) is 4.79 Å². The van der Waals surface area contributed by atoms with Crippen molar-refractivity contribution in [3.63, 3.8) is 0 Å². The summed E-state index contributed by atoms with van der Waals surface area (Å²) in [5.74, 6) is -1.33. The third kappa shape index (κ3) is 3.75. The maximum Gasteiger partial charge on any atom is 0.197 e. The Morgan fingerprint density at radius 3 is 2.30 bits per heavy atom. The van der Waals surface area contributed by atoms with E-state index in [2.05, 4.69) is 0 Å². The highest BCUT2D eigenvalue weighted by molar-refractivity contribution is 5.89. The lowest BCUT2D eigenvalue weighted by atomic mass is 9.89. The van der Waals surface area contributed by atoms with E-state index < -0.39 is 54.1 Å². The van der Waals surface area contributed by atoms with E-state index in [0.29, 0.717) is 0 Å². The van der Waals surface area contributed by atoms with Crippen molar-refractivity contribution < 1.29 is 49.6 Å². The SMILES string of the molecule is COc1ccc(-c2cc(=O)c3c(O)cc(O)c(C4OC(CO)C(O)C(O)C4O)c3o2)cc1O. The summed E-state index contributed by atoms with van der Waals surface area (Å²) in [6.45, 7) is -0.710. The van der Waals surface area contributed by atoms with Crippen LogP contribution in [0.1, 0.15) is 11.7 Å². The lowest BCUT2D eigenvalue weighted by Gasteiger charge is -2.40. The van der Waals surface area contributed by atoms with E-state index in [-0.39, 0.29) is 39.4 Å². The van der Waals surface area contributed by atoms with E-state index in [1.54, 1.807) is 0 Å². The van der Waals surface area contributed by atoms with E-state index in [4.69, 9.17) is 13.9 Å². The van der Waals surface area contributed by atoms with E-state index in [1.807, 2.05) is 0 Å². The van der Waals surface area contributed by atoms with E-state index in [1.165, 1.54) is 25.3 Å². The van der Waals surface area contributed by atoms with Gasteiger partial charge in [-0.1, -0.05) is 0 Å². The number of phenols is 3. The molecule has 0 radical (unpaired) electrons. The minimum atomic E-state index is -1.78. The third-order valence-electron chi connectivity index (χ3n) is 5.64. The van der Waals surface area contributed by atoms with Crippen molar-refractivity contribution in [1.82, 2.24) is 0 Å². The van der Waals surface area contributed by atoms with Crippen LogP contribution in [0.25, 0.3) is 22.3 Å². The molecule has 0 aliphatic carbocycles. The van der Waals surface area contributed by atoms with Crippen molar-refractivity contribution in [3.8, 4) is 34.3 Å². The summed E-state index contributed by atoms with van der Waals surface area (Å²) in [5.41, 5.74) is -1.08. The Labute approximate surface area is 185 Å². The fraction of sp³-hybridized carbons (Fsp3) is 0.318. The number of rotatable bonds is 4. The second-order valence-corrected chi connectivity index (χ2v) is 7.64. The Hall–Kier alpha value is -3.35. The van der Waals surface area contributed by atoms with Gasteiger partial charge in [0.2, 0.25) is 0 Å². The van der Waals surface area contributed by atoms with Crippen LogP contribution in [0.3, 0.4) is 0 Å². The number of hydrogen-bond acceptors (Lipinski definition) is 11. The van der Waals surface area contributed by atoms with Gasteiger partial charge in [0.15, 0.2) is 22.5 Å². The van der Waals surface area contributed by atoms with Gasteiger partial charge in [0, 0.05) is 17.7 Å². The Morgan fingerprint density at radius 1 is 0.939 bits per heavy atom. The Bertz CT molecular complexity index is 1250. The summed E-state index contributed by atoms with van der Waals surface area (Å²) in [4.78, 5) is 12.8. The van der Waals surface area contributed by atoms with Crippen molar-refractivity contribution >= 4 is 11.0 Å². The van der Waals surface area contributed by atoms with Gasteiger partial charge in [-0.05, 0) is 18.2 Å². The van der Waals surface area contributed by atoms with Crippen LogP contribution in [0.4, 0.5) is 0 Å². The molecule has 0 saturated carbocycles. The molecule has 176 valence electrons. The second-order valence-electron chi connectivity index (χ2n) is 7.64. The zero-order valence-electron chi connectivity index (χ0n) is 17.2. The van der Waals surface area contributed by atoms with Crippen LogP contribution < -0.4 is 10.2 Å². The highest BCUT2D eigenvalue weighted by Gasteiger charge is 2.46. The molecule has 11 heteroatoms. The molecule has 2 heterocycles. The molecule has 0 bridgehead atoms. The average Bonchev–Trinajstić information content (AvgIpc) is 2.78. The van der Waals surface area contributed by atoms with Gasteiger partial charge in [0.05, 0.1) is 19.3 Å². The number of hydrogen-bond donors (Lipinski definition) is 7. The summed E-state index contributed by atoms with van der Waals surface area (Å²) in [6.07, 6.45) is -7.99. The van der Waals surface area contributed by atoms with Gasteiger partial charge in [0.25, 0.3) is 0 Å². The minimum absolute atomic E-state index is 0.0544. The highest BCUT2D eigenvalue weighted by Crippen LogP contribution is 2.44. The minimum Gasteiger partial charge on any atom is -0.507 e. The van der Waals surface area contributed by atoms with Crippen LogP contribution in [0.5, 0.6) is 23.0 Å². The molecule has 4 rings (SSSR count). The molecule has 1 fully saturated rings. The topological polar surface area (TPSA) is 190 Å².